The number of H-pyrrole nitrogens is 1. The lowest BCUT2D eigenvalue weighted by Crippen LogP contribution is -2.21. The molecule has 90 valence electrons. The SMILES string of the molecule is Nc1cc[nH+]cc1.O.O=C([O-])c1ccncc1. The number of carboxylic acids is 1. The van der Waals surface area contributed by atoms with Crippen LogP contribution in [-0.2, 0) is 0 Å². The number of nitrogens with two attached hydrogens (primary N) is 1. The summed E-state index contributed by atoms with van der Waals surface area (Å²) in [6.45, 7) is 0. The second-order valence-electron chi connectivity index (χ2n) is 2.86. The molecule has 2 heterocycles. The first-order valence-corrected chi connectivity index (χ1v) is 4.53. The van der Waals surface area contributed by atoms with Gasteiger partial charge in [0, 0.05) is 35.8 Å². The average Bonchev–Trinajstić information content (AvgIpc) is 2.32. The largest absolute Gasteiger partial charge is 0.545 e. The molecule has 0 unspecified atom stereocenters. The number of aromatic nitrogens is 2. The van der Waals surface area contributed by atoms with Gasteiger partial charge in [0.15, 0.2) is 12.4 Å². The molecule has 0 atom stereocenters. The van der Waals surface area contributed by atoms with Gasteiger partial charge in [-0.1, -0.05) is 0 Å². The maximum absolute atomic E-state index is 10.1. The molecule has 0 aliphatic heterocycles. The number of nitrogens with one attached hydrogen (secondary N) is 1. The number of aromatic amines is 1. The Morgan fingerprint density at radius 1 is 1.18 bits per heavy atom. The molecule has 5 N–H and O–H groups in total. The van der Waals surface area contributed by atoms with E-state index in [9.17, 15) is 9.90 Å². The number of hydrogen-bond donors (Lipinski definition) is 1. The molecule has 0 spiro atoms. The molecule has 6 heteroatoms. The van der Waals surface area contributed by atoms with Crippen molar-refractivity contribution in [3.63, 3.8) is 0 Å². The van der Waals surface area contributed by atoms with E-state index in [0.717, 1.165) is 5.69 Å². The molecule has 2 aromatic rings. The first kappa shape index (κ1) is 14.5. The summed E-state index contributed by atoms with van der Waals surface area (Å²) in [5.74, 6) is -1.17. The second kappa shape index (κ2) is 7.77. The molecule has 0 aliphatic rings. The molecule has 0 bridgehead atoms. The third-order valence-electron chi connectivity index (χ3n) is 1.66. The molecular formula is C11H13N3O3. The fourth-order valence-electron chi connectivity index (χ4n) is 0.888. The molecule has 0 fully saturated rings. The first-order valence-electron chi connectivity index (χ1n) is 4.53. The van der Waals surface area contributed by atoms with Crippen molar-refractivity contribution in [2.75, 3.05) is 5.73 Å². The third kappa shape index (κ3) is 5.85. The monoisotopic (exact) mass is 235 g/mol. The van der Waals surface area contributed by atoms with Crippen LogP contribution < -0.4 is 15.8 Å². The fraction of sp³-hybridized carbons (Fsp3) is 0. The van der Waals surface area contributed by atoms with Crippen molar-refractivity contribution in [1.29, 1.82) is 0 Å². The van der Waals surface area contributed by atoms with E-state index in [-0.39, 0.29) is 11.0 Å². The van der Waals surface area contributed by atoms with Gasteiger partial charge in [0.25, 0.3) is 0 Å². The van der Waals surface area contributed by atoms with Gasteiger partial charge in [0.05, 0.1) is 5.97 Å². The first-order chi connectivity index (χ1) is 7.70. The smallest absolute Gasteiger partial charge is 0.169 e. The molecule has 0 saturated heterocycles. The lowest BCUT2D eigenvalue weighted by atomic mass is 10.3. The Morgan fingerprint density at radius 3 is 2.00 bits per heavy atom. The summed E-state index contributed by atoms with van der Waals surface area (Å²) in [5, 5.41) is 10.1. The number of anilines is 1. The zero-order chi connectivity index (χ0) is 11.8. The maximum atomic E-state index is 10.1. The number of carbonyl (C=O) groups excluding carboxylic acids is 1. The highest BCUT2D eigenvalue weighted by molar-refractivity contribution is 5.85. The van der Waals surface area contributed by atoms with E-state index in [1.807, 2.05) is 0 Å². The van der Waals surface area contributed by atoms with E-state index < -0.39 is 5.97 Å². The maximum Gasteiger partial charge on any atom is 0.169 e. The van der Waals surface area contributed by atoms with Gasteiger partial charge in [0.2, 0.25) is 0 Å². The average molecular weight is 235 g/mol. The minimum atomic E-state index is -1.17. The molecule has 2 aromatic heterocycles. The topological polar surface area (TPSA) is 125 Å². The standard InChI is InChI=1S/C6H5NO2.C5H6N2.H2O/c8-6(9)5-1-3-7-4-2-5;6-5-1-3-7-4-2-5;/h1-4H,(H,8,9);1-4H,(H2,6,7);1H2. The number of carboxylic acid groups (broad SMARTS) is 1. The van der Waals surface area contributed by atoms with Gasteiger partial charge >= 0.3 is 0 Å². The van der Waals surface area contributed by atoms with Gasteiger partial charge in [-0.15, -0.1) is 0 Å². The highest BCUT2D eigenvalue weighted by Gasteiger charge is 1.86. The predicted molar refractivity (Wildman–Crippen MR) is 59.6 cm³/mol. The third-order valence-corrected chi connectivity index (χ3v) is 1.66. The van der Waals surface area contributed by atoms with Gasteiger partial charge in [0.1, 0.15) is 0 Å². The zero-order valence-electron chi connectivity index (χ0n) is 8.96. The lowest BCUT2D eigenvalue weighted by Gasteiger charge is -1.97. The van der Waals surface area contributed by atoms with E-state index in [2.05, 4.69) is 9.97 Å². The van der Waals surface area contributed by atoms with Crippen LogP contribution >= 0.6 is 0 Å². The number of carbonyl (C=O) groups is 1. The fourth-order valence-corrected chi connectivity index (χ4v) is 0.888. The number of hydrogen-bond acceptors (Lipinski definition) is 4. The Hall–Kier alpha value is -2.47. The molecule has 17 heavy (non-hydrogen) atoms. The van der Waals surface area contributed by atoms with Crippen molar-refractivity contribution in [1.82, 2.24) is 4.98 Å². The van der Waals surface area contributed by atoms with E-state index in [0.29, 0.717) is 0 Å². The van der Waals surface area contributed by atoms with E-state index in [4.69, 9.17) is 5.73 Å². The quantitative estimate of drug-likeness (QED) is 0.659. The summed E-state index contributed by atoms with van der Waals surface area (Å²) < 4.78 is 0. The van der Waals surface area contributed by atoms with E-state index in [1.54, 1.807) is 24.5 Å². The Balaban J connectivity index is 0.000000292. The van der Waals surface area contributed by atoms with Crippen molar-refractivity contribution in [3.05, 3.63) is 54.6 Å². The Kier molecular flexibility index (Phi) is 6.64. The van der Waals surface area contributed by atoms with Crippen molar-refractivity contribution in [3.8, 4) is 0 Å². The Morgan fingerprint density at radius 2 is 1.71 bits per heavy atom. The van der Waals surface area contributed by atoms with Gasteiger partial charge in [-0.3, -0.25) is 4.98 Å². The van der Waals surface area contributed by atoms with E-state index >= 15 is 0 Å². The minimum Gasteiger partial charge on any atom is -0.545 e. The van der Waals surface area contributed by atoms with Gasteiger partial charge in [-0.05, 0) is 12.1 Å². The highest BCUT2D eigenvalue weighted by Crippen LogP contribution is 1.91. The van der Waals surface area contributed by atoms with Crippen LogP contribution in [0.1, 0.15) is 10.4 Å². The van der Waals surface area contributed by atoms with Crippen molar-refractivity contribution in [2.45, 2.75) is 0 Å². The van der Waals surface area contributed by atoms with Gasteiger partial charge < -0.3 is 21.1 Å². The van der Waals surface area contributed by atoms with Gasteiger partial charge in [-0.2, -0.15) is 0 Å². The summed E-state index contributed by atoms with van der Waals surface area (Å²) in [7, 11) is 0. The van der Waals surface area contributed by atoms with Crippen molar-refractivity contribution < 1.29 is 20.4 Å². The molecular weight excluding hydrogens is 222 g/mol. The van der Waals surface area contributed by atoms with E-state index in [1.165, 1.54) is 24.5 Å². The summed E-state index contributed by atoms with van der Waals surface area (Å²) in [5.41, 5.74) is 6.29. The van der Waals surface area contributed by atoms with Crippen LogP contribution in [0.25, 0.3) is 0 Å². The zero-order valence-corrected chi connectivity index (χ0v) is 8.96. The van der Waals surface area contributed by atoms with Crippen LogP contribution in [0, 0.1) is 0 Å². The number of rotatable bonds is 1. The number of aromatic carboxylic acids is 1. The summed E-state index contributed by atoms with van der Waals surface area (Å²) in [4.78, 5) is 16.6. The molecule has 0 amide bonds. The number of nitrogens with zero attached hydrogens (tertiary/aromatic N) is 1. The molecule has 0 radical (unpaired) electrons. The van der Waals surface area contributed by atoms with Crippen LogP contribution in [0.3, 0.4) is 0 Å². The van der Waals surface area contributed by atoms with Crippen LogP contribution in [0.15, 0.2) is 49.1 Å². The predicted octanol–water partition coefficient (Wildman–Crippen LogP) is -1.30. The summed E-state index contributed by atoms with van der Waals surface area (Å²) in [6, 6.07) is 6.38. The number of nitrogen functional groups attached to an aromatic ring is 1. The Labute approximate surface area is 98.1 Å². The van der Waals surface area contributed by atoms with Gasteiger partial charge in [-0.25, -0.2) is 4.98 Å². The van der Waals surface area contributed by atoms with Crippen LogP contribution in [0.2, 0.25) is 0 Å². The minimum absolute atomic E-state index is 0. The van der Waals surface area contributed by atoms with Crippen molar-refractivity contribution in [2.24, 2.45) is 0 Å². The second-order valence-corrected chi connectivity index (χ2v) is 2.86. The van der Waals surface area contributed by atoms with Crippen LogP contribution in [0.5, 0.6) is 0 Å². The summed E-state index contributed by atoms with van der Waals surface area (Å²) in [6.07, 6.45) is 6.39. The highest BCUT2D eigenvalue weighted by atomic mass is 16.4. The molecule has 0 aromatic carbocycles. The normalized spacial score (nSPS) is 8.24. The molecule has 6 nitrogen and oxygen atoms in total. The number of pyridine rings is 2. The van der Waals surface area contributed by atoms with Crippen molar-refractivity contribution >= 4 is 11.7 Å². The molecule has 0 saturated carbocycles. The molecule has 2 rings (SSSR count). The summed E-state index contributed by atoms with van der Waals surface area (Å²) >= 11 is 0. The van der Waals surface area contributed by atoms with Crippen LogP contribution in [0.4, 0.5) is 5.69 Å². The van der Waals surface area contributed by atoms with Crippen LogP contribution in [-0.4, -0.2) is 16.4 Å². The molecule has 0 aliphatic carbocycles. The Bertz CT molecular complexity index is 434. The lowest BCUT2D eigenvalue weighted by molar-refractivity contribution is -0.377.